The van der Waals surface area contributed by atoms with Gasteiger partial charge in [-0.3, -0.25) is 9.80 Å². The molecule has 0 fully saturated rings. The molecule has 3 rings (SSSR count). The molecule has 0 spiro atoms. The standard InChI is InChI=1S/C17H18N2O/c18-19-11-10-14-8-4-5-9-15(14)16(17(19)20)12-13-6-2-1-3-7-13/h1-9,16H,10-12,18H2. The summed E-state index contributed by atoms with van der Waals surface area (Å²) in [5.41, 5.74) is 3.51. The van der Waals surface area contributed by atoms with E-state index in [0.29, 0.717) is 13.0 Å². The zero-order valence-electron chi connectivity index (χ0n) is 11.3. The van der Waals surface area contributed by atoms with Crippen molar-refractivity contribution in [1.82, 2.24) is 5.01 Å². The molecule has 1 unspecified atom stereocenters. The second-order valence-corrected chi connectivity index (χ2v) is 5.22. The molecule has 0 bridgehead atoms. The molecule has 1 atom stereocenters. The van der Waals surface area contributed by atoms with Crippen LogP contribution < -0.4 is 5.84 Å². The maximum atomic E-state index is 12.5. The molecule has 0 aliphatic carbocycles. The number of hydrogen-bond donors (Lipinski definition) is 1. The lowest BCUT2D eigenvalue weighted by molar-refractivity contribution is -0.132. The Balaban J connectivity index is 1.99. The van der Waals surface area contributed by atoms with Gasteiger partial charge in [0.1, 0.15) is 0 Å². The fraction of sp³-hybridized carbons (Fsp3) is 0.235. The summed E-state index contributed by atoms with van der Waals surface area (Å²) in [7, 11) is 0. The minimum absolute atomic E-state index is 0.0128. The third kappa shape index (κ3) is 2.45. The van der Waals surface area contributed by atoms with Crippen LogP contribution in [0.2, 0.25) is 0 Å². The van der Waals surface area contributed by atoms with Crippen molar-refractivity contribution in [1.29, 1.82) is 0 Å². The van der Waals surface area contributed by atoms with Gasteiger partial charge in [0.25, 0.3) is 0 Å². The summed E-state index contributed by atoms with van der Waals surface area (Å²) in [5, 5.41) is 1.37. The molecule has 102 valence electrons. The lowest BCUT2D eigenvalue weighted by Gasteiger charge is -2.20. The zero-order chi connectivity index (χ0) is 13.9. The van der Waals surface area contributed by atoms with Gasteiger partial charge in [-0.05, 0) is 29.5 Å². The van der Waals surface area contributed by atoms with Gasteiger partial charge in [0, 0.05) is 6.54 Å². The van der Waals surface area contributed by atoms with Crippen molar-refractivity contribution in [2.75, 3.05) is 6.54 Å². The predicted octanol–water partition coefficient (Wildman–Crippen LogP) is 2.27. The molecule has 0 aromatic heterocycles. The summed E-state index contributed by atoms with van der Waals surface area (Å²) in [6.45, 7) is 0.584. The Morgan fingerprint density at radius 1 is 1.05 bits per heavy atom. The number of nitrogens with two attached hydrogens (primary N) is 1. The Hall–Kier alpha value is -2.13. The van der Waals surface area contributed by atoms with Crippen LogP contribution in [0.4, 0.5) is 0 Å². The van der Waals surface area contributed by atoms with E-state index in [1.165, 1.54) is 10.6 Å². The number of rotatable bonds is 2. The van der Waals surface area contributed by atoms with Gasteiger partial charge in [-0.15, -0.1) is 0 Å². The van der Waals surface area contributed by atoms with Crippen LogP contribution in [0.25, 0.3) is 0 Å². The van der Waals surface area contributed by atoms with Crippen molar-refractivity contribution < 1.29 is 4.79 Å². The molecule has 0 saturated heterocycles. The smallest absolute Gasteiger partial charge is 0.244 e. The SMILES string of the molecule is NN1CCc2ccccc2C(Cc2ccccc2)C1=O. The number of fused-ring (bicyclic) bond motifs is 1. The summed E-state index contributed by atoms with van der Waals surface area (Å²) in [6.07, 6.45) is 1.52. The molecule has 3 nitrogen and oxygen atoms in total. The van der Waals surface area contributed by atoms with Crippen molar-refractivity contribution in [2.24, 2.45) is 5.84 Å². The number of nitrogens with zero attached hydrogens (tertiary/aromatic N) is 1. The van der Waals surface area contributed by atoms with Crippen molar-refractivity contribution >= 4 is 5.91 Å². The number of benzene rings is 2. The van der Waals surface area contributed by atoms with Gasteiger partial charge in [-0.25, -0.2) is 5.84 Å². The van der Waals surface area contributed by atoms with E-state index in [1.807, 2.05) is 30.3 Å². The topological polar surface area (TPSA) is 46.3 Å². The van der Waals surface area contributed by atoms with Gasteiger partial charge in [-0.2, -0.15) is 0 Å². The average Bonchev–Trinajstić information content (AvgIpc) is 2.61. The van der Waals surface area contributed by atoms with Crippen molar-refractivity contribution in [3.63, 3.8) is 0 Å². The molecule has 2 aromatic carbocycles. The van der Waals surface area contributed by atoms with E-state index in [-0.39, 0.29) is 11.8 Å². The lowest BCUT2D eigenvalue weighted by atomic mass is 9.88. The van der Waals surface area contributed by atoms with Crippen LogP contribution in [0, 0.1) is 0 Å². The van der Waals surface area contributed by atoms with E-state index < -0.39 is 0 Å². The van der Waals surface area contributed by atoms with Gasteiger partial charge >= 0.3 is 0 Å². The third-order valence-electron chi connectivity index (χ3n) is 3.92. The highest BCUT2D eigenvalue weighted by Gasteiger charge is 2.29. The summed E-state index contributed by atoms with van der Waals surface area (Å²) >= 11 is 0. The summed E-state index contributed by atoms with van der Waals surface area (Å²) in [4.78, 5) is 12.5. The first-order chi connectivity index (χ1) is 9.75. The van der Waals surface area contributed by atoms with Crippen LogP contribution in [0.3, 0.4) is 0 Å². The van der Waals surface area contributed by atoms with Crippen molar-refractivity contribution in [3.8, 4) is 0 Å². The van der Waals surface area contributed by atoms with Gasteiger partial charge in [0.05, 0.1) is 5.92 Å². The van der Waals surface area contributed by atoms with E-state index in [0.717, 1.165) is 17.5 Å². The fourth-order valence-electron chi connectivity index (χ4n) is 2.83. The van der Waals surface area contributed by atoms with E-state index in [1.54, 1.807) is 0 Å². The second kappa shape index (κ2) is 5.47. The highest BCUT2D eigenvalue weighted by atomic mass is 16.2. The summed E-state index contributed by atoms with van der Waals surface area (Å²) in [6, 6.07) is 18.3. The van der Waals surface area contributed by atoms with E-state index in [2.05, 4.69) is 24.3 Å². The first-order valence-electron chi connectivity index (χ1n) is 6.93. The van der Waals surface area contributed by atoms with Gasteiger partial charge in [0.2, 0.25) is 5.91 Å². The molecular weight excluding hydrogens is 248 g/mol. The molecule has 1 aliphatic rings. The highest BCUT2D eigenvalue weighted by Crippen LogP contribution is 2.28. The number of hydrogen-bond acceptors (Lipinski definition) is 2. The number of carbonyl (C=O) groups excluding carboxylic acids is 1. The normalized spacial score (nSPS) is 18.6. The maximum absolute atomic E-state index is 12.5. The fourth-order valence-corrected chi connectivity index (χ4v) is 2.83. The molecule has 0 saturated carbocycles. The molecule has 1 amide bonds. The van der Waals surface area contributed by atoms with Crippen molar-refractivity contribution in [3.05, 3.63) is 71.3 Å². The van der Waals surface area contributed by atoms with Crippen LogP contribution in [0.15, 0.2) is 54.6 Å². The van der Waals surface area contributed by atoms with Gasteiger partial charge in [-0.1, -0.05) is 54.6 Å². The Labute approximate surface area is 119 Å². The molecule has 1 aliphatic heterocycles. The maximum Gasteiger partial charge on any atom is 0.244 e. The number of hydrazine groups is 1. The van der Waals surface area contributed by atoms with Crippen LogP contribution in [-0.4, -0.2) is 17.5 Å². The van der Waals surface area contributed by atoms with Crippen molar-refractivity contribution in [2.45, 2.75) is 18.8 Å². The number of carbonyl (C=O) groups is 1. The summed E-state index contributed by atoms with van der Waals surface area (Å²) < 4.78 is 0. The first-order valence-corrected chi connectivity index (χ1v) is 6.93. The van der Waals surface area contributed by atoms with Gasteiger partial charge < -0.3 is 0 Å². The second-order valence-electron chi connectivity index (χ2n) is 5.22. The van der Waals surface area contributed by atoms with Crippen LogP contribution in [0.5, 0.6) is 0 Å². The first kappa shape index (κ1) is 12.9. The van der Waals surface area contributed by atoms with Gasteiger partial charge in [0.15, 0.2) is 0 Å². The molecule has 2 aromatic rings. The molecular formula is C17H18N2O. The van der Waals surface area contributed by atoms with E-state index >= 15 is 0 Å². The molecule has 0 radical (unpaired) electrons. The summed E-state index contributed by atoms with van der Waals surface area (Å²) in [5.74, 6) is 5.72. The van der Waals surface area contributed by atoms with E-state index in [4.69, 9.17) is 5.84 Å². The minimum Gasteiger partial charge on any atom is -0.280 e. The monoisotopic (exact) mass is 266 g/mol. The lowest BCUT2D eigenvalue weighted by Crippen LogP contribution is -2.40. The number of amides is 1. The third-order valence-corrected chi connectivity index (χ3v) is 3.92. The molecule has 2 N–H and O–H groups in total. The largest absolute Gasteiger partial charge is 0.280 e. The Kier molecular flexibility index (Phi) is 3.52. The molecule has 3 heteroatoms. The highest BCUT2D eigenvalue weighted by molar-refractivity contribution is 5.84. The van der Waals surface area contributed by atoms with Crippen LogP contribution in [0.1, 0.15) is 22.6 Å². The van der Waals surface area contributed by atoms with Crippen LogP contribution in [-0.2, 0) is 17.6 Å². The quantitative estimate of drug-likeness (QED) is 0.669. The predicted molar refractivity (Wildman–Crippen MR) is 78.9 cm³/mol. The van der Waals surface area contributed by atoms with E-state index in [9.17, 15) is 4.79 Å². The Morgan fingerprint density at radius 2 is 1.75 bits per heavy atom. The zero-order valence-corrected chi connectivity index (χ0v) is 11.3. The minimum atomic E-state index is -0.180. The molecule has 20 heavy (non-hydrogen) atoms. The Bertz CT molecular complexity index is 609. The molecule has 1 heterocycles. The Morgan fingerprint density at radius 3 is 2.55 bits per heavy atom. The van der Waals surface area contributed by atoms with Crippen LogP contribution >= 0.6 is 0 Å². The average molecular weight is 266 g/mol.